The van der Waals surface area contributed by atoms with E-state index in [2.05, 4.69) is 26.1 Å². The van der Waals surface area contributed by atoms with Gasteiger partial charge in [-0.1, -0.05) is 46.8 Å². The van der Waals surface area contributed by atoms with E-state index in [0.717, 1.165) is 5.56 Å². The van der Waals surface area contributed by atoms with Gasteiger partial charge in [-0.25, -0.2) is 0 Å². The van der Waals surface area contributed by atoms with Crippen molar-refractivity contribution in [1.29, 1.82) is 0 Å². The first-order valence-corrected chi connectivity index (χ1v) is 10.2. The van der Waals surface area contributed by atoms with E-state index in [4.69, 9.17) is 0 Å². The summed E-state index contributed by atoms with van der Waals surface area (Å²) in [4.78, 5) is 27.2. The van der Waals surface area contributed by atoms with Gasteiger partial charge in [-0.15, -0.1) is 0 Å². The highest BCUT2D eigenvalue weighted by Crippen LogP contribution is 2.22. The number of hydrogen-bond donors (Lipinski definition) is 1. The summed E-state index contributed by atoms with van der Waals surface area (Å²) < 4.78 is 0. The highest BCUT2D eigenvalue weighted by atomic mass is 32.1. The first-order valence-electron chi connectivity index (χ1n) is 9.27. The second-order valence-corrected chi connectivity index (χ2v) is 9.13. The van der Waals surface area contributed by atoms with Crippen LogP contribution in [0.1, 0.15) is 56.1 Å². The van der Waals surface area contributed by atoms with E-state index in [1.807, 2.05) is 54.9 Å². The third-order valence-electron chi connectivity index (χ3n) is 4.61. The lowest BCUT2D eigenvalue weighted by molar-refractivity contribution is -0.133. The van der Waals surface area contributed by atoms with Gasteiger partial charge in [-0.3, -0.25) is 9.59 Å². The molecule has 2 rings (SSSR count). The maximum atomic E-state index is 12.9. The van der Waals surface area contributed by atoms with Gasteiger partial charge in [-0.05, 0) is 51.4 Å². The van der Waals surface area contributed by atoms with Crippen molar-refractivity contribution in [2.45, 2.75) is 52.6 Å². The van der Waals surface area contributed by atoms with E-state index in [9.17, 15) is 9.59 Å². The van der Waals surface area contributed by atoms with Gasteiger partial charge in [0, 0.05) is 19.2 Å². The average Bonchev–Trinajstić information content (AvgIpc) is 3.10. The van der Waals surface area contributed by atoms with Crippen LogP contribution in [0, 0.1) is 5.92 Å². The Balaban J connectivity index is 2.08. The average molecular weight is 387 g/mol. The SMILES string of the molecule is CC(C)[C@H](NC(=O)c1ccc(C(C)(C)C)cc1)C(=O)N(C)Cc1ccsc1. The van der Waals surface area contributed by atoms with Gasteiger partial charge < -0.3 is 10.2 Å². The van der Waals surface area contributed by atoms with Crippen molar-refractivity contribution >= 4 is 23.2 Å². The van der Waals surface area contributed by atoms with Gasteiger partial charge in [0.25, 0.3) is 5.91 Å². The van der Waals surface area contributed by atoms with Crippen LogP contribution in [0.4, 0.5) is 0 Å². The molecule has 0 fully saturated rings. The molecular formula is C22H30N2O2S. The molecule has 146 valence electrons. The molecule has 1 heterocycles. The van der Waals surface area contributed by atoms with Crippen LogP contribution >= 0.6 is 11.3 Å². The van der Waals surface area contributed by atoms with Crippen LogP contribution in [0.3, 0.4) is 0 Å². The van der Waals surface area contributed by atoms with E-state index < -0.39 is 6.04 Å². The zero-order valence-electron chi connectivity index (χ0n) is 17.1. The van der Waals surface area contributed by atoms with Crippen LogP contribution in [-0.4, -0.2) is 29.8 Å². The smallest absolute Gasteiger partial charge is 0.251 e. The van der Waals surface area contributed by atoms with E-state index in [-0.39, 0.29) is 23.1 Å². The lowest BCUT2D eigenvalue weighted by atomic mass is 9.86. The second-order valence-electron chi connectivity index (χ2n) is 8.35. The number of nitrogens with one attached hydrogen (secondary N) is 1. The number of carbonyl (C=O) groups excluding carboxylic acids is 2. The maximum absolute atomic E-state index is 12.9. The van der Waals surface area contributed by atoms with Gasteiger partial charge in [-0.2, -0.15) is 11.3 Å². The minimum atomic E-state index is -0.552. The van der Waals surface area contributed by atoms with Crippen molar-refractivity contribution in [3.05, 3.63) is 57.8 Å². The van der Waals surface area contributed by atoms with Crippen molar-refractivity contribution in [2.75, 3.05) is 7.05 Å². The molecule has 0 aliphatic carbocycles. The largest absolute Gasteiger partial charge is 0.340 e. The topological polar surface area (TPSA) is 49.4 Å². The van der Waals surface area contributed by atoms with Gasteiger partial charge in [0.1, 0.15) is 6.04 Å². The molecule has 0 bridgehead atoms. The molecule has 1 aromatic carbocycles. The molecule has 0 aliphatic rings. The fourth-order valence-corrected chi connectivity index (χ4v) is 3.49. The summed E-state index contributed by atoms with van der Waals surface area (Å²) in [6.07, 6.45) is 0. The predicted octanol–water partition coefficient (Wildman–Crippen LogP) is 4.46. The Hall–Kier alpha value is -2.14. The first kappa shape index (κ1) is 21.2. The standard InChI is InChI=1S/C22H30N2O2S/c1-15(2)19(21(26)24(6)13-16-11-12-27-14-16)23-20(25)17-7-9-18(10-8-17)22(3,4)5/h7-12,14-15,19H,13H2,1-6H3,(H,23,25)/t19-/m0/s1. The highest BCUT2D eigenvalue weighted by Gasteiger charge is 2.27. The van der Waals surface area contributed by atoms with Crippen molar-refractivity contribution in [3.8, 4) is 0 Å². The van der Waals surface area contributed by atoms with E-state index >= 15 is 0 Å². The third kappa shape index (κ3) is 5.67. The number of nitrogens with zero attached hydrogens (tertiary/aromatic N) is 1. The van der Waals surface area contributed by atoms with E-state index in [1.54, 1.807) is 23.3 Å². The Bertz CT molecular complexity index is 759. The molecule has 1 atom stereocenters. The number of amides is 2. The number of benzene rings is 1. The number of carbonyl (C=O) groups is 2. The number of hydrogen-bond acceptors (Lipinski definition) is 3. The molecule has 27 heavy (non-hydrogen) atoms. The van der Waals surface area contributed by atoms with Gasteiger partial charge in [0.15, 0.2) is 0 Å². The van der Waals surface area contributed by atoms with Crippen molar-refractivity contribution in [2.24, 2.45) is 5.92 Å². The molecular weight excluding hydrogens is 356 g/mol. The van der Waals surface area contributed by atoms with Crippen LogP contribution < -0.4 is 5.32 Å². The zero-order chi connectivity index (χ0) is 20.2. The molecule has 0 aliphatic heterocycles. The summed E-state index contributed by atoms with van der Waals surface area (Å²) in [6.45, 7) is 10.9. The minimum Gasteiger partial charge on any atom is -0.340 e. The minimum absolute atomic E-state index is 0.000207. The quantitative estimate of drug-likeness (QED) is 0.797. The summed E-state index contributed by atoms with van der Waals surface area (Å²) >= 11 is 1.61. The number of thiophene rings is 1. The molecule has 0 saturated carbocycles. The monoisotopic (exact) mass is 386 g/mol. The summed E-state index contributed by atoms with van der Waals surface area (Å²) in [5.41, 5.74) is 2.88. The molecule has 0 saturated heterocycles. The number of rotatable bonds is 6. The van der Waals surface area contributed by atoms with E-state index in [1.165, 1.54) is 5.56 Å². The molecule has 0 unspecified atom stereocenters. The van der Waals surface area contributed by atoms with Crippen molar-refractivity contribution in [1.82, 2.24) is 10.2 Å². The molecule has 4 nitrogen and oxygen atoms in total. The van der Waals surface area contributed by atoms with Crippen LogP contribution in [0.15, 0.2) is 41.1 Å². The third-order valence-corrected chi connectivity index (χ3v) is 5.34. The van der Waals surface area contributed by atoms with Gasteiger partial charge in [0.05, 0.1) is 0 Å². The fourth-order valence-electron chi connectivity index (χ4n) is 2.83. The number of likely N-dealkylation sites (N-methyl/N-ethyl adjacent to an activating group) is 1. The van der Waals surface area contributed by atoms with E-state index in [0.29, 0.717) is 12.1 Å². The predicted molar refractivity (Wildman–Crippen MR) is 112 cm³/mol. The van der Waals surface area contributed by atoms with Crippen LogP contribution in [0.5, 0.6) is 0 Å². The Kier molecular flexibility index (Phi) is 6.82. The molecule has 0 spiro atoms. The Morgan fingerprint density at radius 3 is 2.22 bits per heavy atom. The summed E-state index contributed by atoms with van der Waals surface area (Å²) in [6, 6.07) is 9.06. The van der Waals surface area contributed by atoms with Crippen LogP contribution in [0.2, 0.25) is 0 Å². The van der Waals surface area contributed by atoms with Gasteiger partial charge >= 0.3 is 0 Å². The fraction of sp³-hybridized carbons (Fsp3) is 0.455. The second kappa shape index (κ2) is 8.70. The summed E-state index contributed by atoms with van der Waals surface area (Å²) in [5, 5.41) is 6.95. The normalized spacial score (nSPS) is 12.7. The molecule has 5 heteroatoms. The van der Waals surface area contributed by atoms with Crippen LogP contribution in [0.25, 0.3) is 0 Å². The van der Waals surface area contributed by atoms with Gasteiger partial charge in [0.2, 0.25) is 5.91 Å². The maximum Gasteiger partial charge on any atom is 0.251 e. The zero-order valence-corrected chi connectivity index (χ0v) is 17.9. The first-order chi connectivity index (χ1) is 12.6. The van der Waals surface area contributed by atoms with Crippen LogP contribution in [-0.2, 0) is 16.8 Å². The lowest BCUT2D eigenvalue weighted by Gasteiger charge is -2.27. The van der Waals surface area contributed by atoms with Crippen molar-refractivity contribution < 1.29 is 9.59 Å². The summed E-state index contributed by atoms with van der Waals surface area (Å²) in [5.74, 6) is -0.289. The molecule has 1 aromatic heterocycles. The highest BCUT2D eigenvalue weighted by molar-refractivity contribution is 7.07. The molecule has 2 aromatic rings. The Morgan fingerprint density at radius 1 is 1.11 bits per heavy atom. The Labute approximate surface area is 166 Å². The molecule has 1 N–H and O–H groups in total. The molecule has 0 radical (unpaired) electrons. The van der Waals surface area contributed by atoms with Crippen molar-refractivity contribution in [3.63, 3.8) is 0 Å². The summed E-state index contributed by atoms with van der Waals surface area (Å²) in [7, 11) is 1.78. The lowest BCUT2D eigenvalue weighted by Crippen LogP contribution is -2.50. The molecule has 2 amide bonds. The Morgan fingerprint density at radius 2 is 1.74 bits per heavy atom.